The van der Waals surface area contributed by atoms with Crippen LogP contribution in [0.25, 0.3) is 0 Å². The van der Waals surface area contributed by atoms with Crippen molar-refractivity contribution in [2.75, 3.05) is 11.5 Å². The number of rotatable bonds is 3. The summed E-state index contributed by atoms with van der Waals surface area (Å²) < 4.78 is 0.569. The minimum absolute atomic E-state index is 0.283. The number of hydrogen-bond donors (Lipinski definition) is 1. The fraction of sp³-hybridized carbons (Fsp3) is 0.875. The summed E-state index contributed by atoms with van der Waals surface area (Å²) in [6.45, 7) is 0. The van der Waals surface area contributed by atoms with Gasteiger partial charge in [-0.25, -0.2) is 5.01 Å². The minimum Gasteiger partial charge on any atom is -0.297 e. The Balaban J connectivity index is 2.78. The van der Waals surface area contributed by atoms with Crippen molar-refractivity contribution in [3.63, 3.8) is 0 Å². The Morgan fingerprint density at radius 2 is 2.08 bits per heavy atom. The lowest BCUT2D eigenvalue weighted by atomic mass is 9.92. The van der Waals surface area contributed by atoms with Crippen molar-refractivity contribution in [1.29, 1.82) is 0 Å². The molecule has 3 nitrogen and oxygen atoms in total. The molecule has 1 fully saturated rings. The van der Waals surface area contributed by atoms with Gasteiger partial charge in [-0.1, -0.05) is 35.4 Å². The number of Topliss-reactive ketones (excluding diaryl/α,β-unsaturated/α-hetero) is 1. The Hall–Kier alpha value is 0.320. The zero-order chi connectivity index (χ0) is 9.19. The van der Waals surface area contributed by atoms with Crippen molar-refractivity contribution in [1.82, 2.24) is 5.01 Å². The molecule has 0 heterocycles. The summed E-state index contributed by atoms with van der Waals surface area (Å²) >= 11 is 2.11. The van der Waals surface area contributed by atoms with Gasteiger partial charge in [-0.15, -0.1) is 0 Å². The van der Waals surface area contributed by atoms with Crippen LogP contribution >= 0.6 is 22.6 Å². The zero-order valence-electron chi connectivity index (χ0n) is 7.35. The van der Waals surface area contributed by atoms with Crippen LogP contribution in [0, 0.1) is 0 Å². The Kier molecular flexibility index (Phi) is 3.48. The Morgan fingerprint density at radius 3 is 2.42 bits per heavy atom. The molecular weight excluding hydrogens is 267 g/mol. The minimum atomic E-state index is -0.332. The number of hydrogen-bond acceptors (Lipinski definition) is 3. The first kappa shape index (κ1) is 10.4. The van der Waals surface area contributed by atoms with Gasteiger partial charge in [-0.05, 0) is 12.8 Å². The third kappa shape index (κ3) is 1.65. The fourth-order valence-electron chi connectivity index (χ4n) is 1.91. The first-order chi connectivity index (χ1) is 5.63. The molecule has 2 N–H and O–H groups in total. The number of ketones is 1. The normalized spacial score (nSPS) is 21.7. The van der Waals surface area contributed by atoms with Crippen LogP contribution in [0.5, 0.6) is 0 Å². The summed E-state index contributed by atoms with van der Waals surface area (Å²) in [6.07, 6.45) is 4.12. The van der Waals surface area contributed by atoms with E-state index in [1.54, 1.807) is 12.1 Å². The molecule has 0 aliphatic heterocycles. The third-order valence-corrected chi connectivity index (χ3v) is 3.44. The molecule has 0 aromatic rings. The number of nitrogens with two attached hydrogens (primary N) is 1. The molecule has 1 aliphatic rings. The molecule has 1 saturated carbocycles. The molecule has 1 rings (SSSR count). The number of nitrogens with zero attached hydrogens (tertiary/aromatic N) is 1. The molecule has 4 heteroatoms. The maximum Gasteiger partial charge on any atom is 0.164 e. The second-order valence-corrected chi connectivity index (χ2v) is 4.17. The van der Waals surface area contributed by atoms with E-state index in [0.717, 1.165) is 25.7 Å². The van der Waals surface area contributed by atoms with E-state index in [-0.39, 0.29) is 11.3 Å². The van der Waals surface area contributed by atoms with Gasteiger partial charge in [-0.2, -0.15) is 0 Å². The molecule has 0 atom stereocenters. The van der Waals surface area contributed by atoms with E-state index in [9.17, 15) is 4.79 Å². The molecular formula is C8H15IN2O. The van der Waals surface area contributed by atoms with Gasteiger partial charge in [0.25, 0.3) is 0 Å². The second kappa shape index (κ2) is 4.02. The predicted molar refractivity (Wildman–Crippen MR) is 57.0 cm³/mol. The zero-order valence-corrected chi connectivity index (χ0v) is 9.50. The van der Waals surface area contributed by atoms with E-state index in [1.807, 2.05) is 0 Å². The van der Waals surface area contributed by atoms with E-state index in [4.69, 9.17) is 5.84 Å². The summed E-state index contributed by atoms with van der Waals surface area (Å²) in [5, 5.41) is 1.61. The lowest BCUT2D eigenvalue weighted by Crippen LogP contribution is -2.54. The summed E-state index contributed by atoms with van der Waals surface area (Å²) in [4.78, 5) is 11.6. The molecule has 1 aliphatic carbocycles. The van der Waals surface area contributed by atoms with Crippen molar-refractivity contribution in [2.45, 2.75) is 31.2 Å². The predicted octanol–water partition coefficient (Wildman–Crippen LogP) is 1.11. The van der Waals surface area contributed by atoms with Crippen LogP contribution in [-0.2, 0) is 4.79 Å². The van der Waals surface area contributed by atoms with E-state index in [1.165, 1.54) is 0 Å². The molecule has 0 amide bonds. The van der Waals surface area contributed by atoms with Gasteiger partial charge in [-0.3, -0.25) is 10.6 Å². The van der Waals surface area contributed by atoms with Gasteiger partial charge < -0.3 is 0 Å². The van der Waals surface area contributed by atoms with E-state index in [0.29, 0.717) is 4.43 Å². The Morgan fingerprint density at radius 1 is 1.58 bits per heavy atom. The second-order valence-electron chi connectivity index (χ2n) is 3.41. The van der Waals surface area contributed by atoms with Crippen molar-refractivity contribution in [3.8, 4) is 0 Å². The first-order valence-electron chi connectivity index (χ1n) is 4.21. The highest BCUT2D eigenvalue weighted by Crippen LogP contribution is 2.34. The average molecular weight is 282 g/mol. The van der Waals surface area contributed by atoms with Crippen LogP contribution in [0.4, 0.5) is 0 Å². The molecule has 70 valence electrons. The molecule has 0 spiro atoms. The highest BCUT2D eigenvalue weighted by molar-refractivity contribution is 14.1. The van der Waals surface area contributed by atoms with Gasteiger partial charge in [0.1, 0.15) is 0 Å². The lowest BCUT2D eigenvalue weighted by molar-refractivity contribution is -0.127. The molecule has 12 heavy (non-hydrogen) atoms. The van der Waals surface area contributed by atoms with Crippen LogP contribution in [0.2, 0.25) is 0 Å². The average Bonchev–Trinajstić information content (AvgIpc) is 2.52. The molecule has 0 bridgehead atoms. The van der Waals surface area contributed by atoms with Crippen molar-refractivity contribution < 1.29 is 4.79 Å². The summed E-state index contributed by atoms with van der Waals surface area (Å²) in [6, 6.07) is 0. The maximum atomic E-state index is 11.6. The maximum absolute atomic E-state index is 11.6. The highest BCUT2D eigenvalue weighted by atomic mass is 127. The van der Waals surface area contributed by atoms with E-state index in [2.05, 4.69) is 22.6 Å². The van der Waals surface area contributed by atoms with Crippen LogP contribution in [0.1, 0.15) is 25.7 Å². The third-order valence-electron chi connectivity index (χ3n) is 2.75. The summed E-state index contributed by atoms with van der Waals surface area (Å²) in [7, 11) is 1.80. The SMILES string of the molecule is CN(N)C1(C(=O)CI)CCCC1. The van der Waals surface area contributed by atoms with Gasteiger partial charge in [0.2, 0.25) is 0 Å². The number of hydrazine groups is 1. The molecule has 0 saturated heterocycles. The van der Waals surface area contributed by atoms with Gasteiger partial charge in [0, 0.05) is 7.05 Å². The van der Waals surface area contributed by atoms with Gasteiger partial charge >= 0.3 is 0 Å². The molecule has 0 radical (unpaired) electrons. The monoisotopic (exact) mass is 282 g/mol. The fourth-order valence-corrected chi connectivity index (χ4v) is 2.62. The topological polar surface area (TPSA) is 46.3 Å². The van der Waals surface area contributed by atoms with Crippen molar-refractivity contribution >= 4 is 28.4 Å². The van der Waals surface area contributed by atoms with Crippen LogP contribution in [-0.4, -0.2) is 27.8 Å². The number of carbonyl (C=O) groups excluding carboxylic acids is 1. The number of halogens is 1. The number of alkyl halides is 1. The lowest BCUT2D eigenvalue weighted by Gasteiger charge is -2.33. The van der Waals surface area contributed by atoms with Crippen LogP contribution < -0.4 is 5.84 Å². The largest absolute Gasteiger partial charge is 0.297 e. The van der Waals surface area contributed by atoms with Crippen molar-refractivity contribution in [3.05, 3.63) is 0 Å². The molecule has 0 aromatic heterocycles. The standard InChI is InChI=1S/C8H15IN2O/c1-11(10)8(7(12)6-9)4-2-3-5-8/h2-6,10H2,1H3. The van der Waals surface area contributed by atoms with Crippen LogP contribution in [0.15, 0.2) is 0 Å². The van der Waals surface area contributed by atoms with Crippen molar-refractivity contribution in [2.24, 2.45) is 5.84 Å². The first-order valence-corrected chi connectivity index (χ1v) is 5.74. The summed E-state index contributed by atoms with van der Waals surface area (Å²) in [5.74, 6) is 6.00. The number of carbonyl (C=O) groups is 1. The smallest absolute Gasteiger partial charge is 0.164 e. The number of likely N-dealkylation sites (N-methyl/N-ethyl adjacent to an activating group) is 1. The van der Waals surface area contributed by atoms with Gasteiger partial charge in [0.05, 0.1) is 9.97 Å². The summed E-state index contributed by atoms with van der Waals surface area (Å²) in [5.41, 5.74) is -0.332. The quantitative estimate of drug-likeness (QED) is 0.365. The van der Waals surface area contributed by atoms with E-state index >= 15 is 0 Å². The molecule has 0 aromatic carbocycles. The Labute approximate surface area is 86.8 Å². The van der Waals surface area contributed by atoms with Crippen LogP contribution in [0.3, 0.4) is 0 Å². The van der Waals surface area contributed by atoms with Gasteiger partial charge in [0.15, 0.2) is 5.78 Å². The highest BCUT2D eigenvalue weighted by Gasteiger charge is 2.42. The van der Waals surface area contributed by atoms with E-state index < -0.39 is 0 Å². The molecule has 0 unspecified atom stereocenters. The Bertz CT molecular complexity index is 176.